The average Bonchev–Trinajstić information content (AvgIpc) is 1.77. The molecule has 0 bridgehead atoms. The van der Waals surface area contributed by atoms with Crippen molar-refractivity contribution in [1.82, 2.24) is 83.2 Å². The molecule has 37 heteroatoms. The second-order valence-corrected chi connectivity index (χ2v) is 38.9. The van der Waals surface area contributed by atoms with E-state index in [1.54, 1.807) is 71.3 Å². The lowest BCUT2D eigenvalue weighted by Crippen LogP contribution is -2.55. The fourth-order valence-corrected chi connectivity index (χ4v) is 19.6. The minimum absolute atomic E-state index is 0.0129. The number of nitrogens with one attached hydrogen (secondary N) is 9. The molecule has 0 saturated carbocycles. The summed E-state index contributed by atoms with van der Waals surface area (Å²) < 4.78 is 24.2. The quantitative estimate of drug-likeness (QED) is 0.0172. The second kappa shape index (κ2) is 58.2. The van der Waals surface area contributed by atoms with Crippen LogP contribution in [-0.4, -0.2) is 283 Å². The molecule has 36 nitrogen and oxygen atoms in total. The number of ketones is 2. The lowest BCUT2D eigenvalue weighted by atomic mass is 9.83. The average molecular weight is 1940 g/mol. The lowest BCUT2D eigenvalue weighted by Gasteiger charge is -2.41. The first-order valence-electron chi connectivity index (χ1n) is 49.0. The highest BCUT2D eigenvalue weighted by molar-refractivity contribution is 6.63. The Balaban J connectivity index is 0.000000371. The number of Topliss-reactive ketones (excluding diaryl/α,β-unsaturated/α-hetero) is 2. The maximum atomic E-state index is 14.7. The molecule has 137 heavy (non-hydrogen) atoms. The van der Waals surface area contributed by atoms with Gasteiger partial charge in [-0.2, -0.15) is 0 Å². The number of carbonyl (C=O) groups is 14. The number of imide groups is 2. The minimum Gasteiger partial charge on any atom is -0.379 e. The van der Waals surface area contributed by atoms with Crippen molar-refractivity contribution in [2.75, 3.05) is 82.8 Å². The predicted molar refractivity (Wildman–Crippen MR) is 525 cm³/mol. The van der Waals surface area contributed by atoms with Gasteiger partial charge in [0.2, 0.25) is 46.6 Å². The number of amides is 11. The van der Waals surface area contributed by atoms with E-state index in [4.69, 9.17) is 30.5 Å². The zero-order valence-electron chi connectivity index (χ0n) is 85.0. The molecule has 0 radical (unpaired) electrons. The van der Waals surface area contributed by atoms with Crippen molar-refractivity contribution < 1.29 is 86.1 Å². The van der Waals surface area contributed by atoms with Crippen LogP contribution in [0.25, 0.3) is 0 Å². The highest BCUT2D eigenvalue weighted by atomic mass is 35.5. The predicted octanol–water partition coefficient (Wildman–Crippen LogP) is 8.03. The fourth-order valence-electron chi connectivity index (χ4n) is 19.5. The molecular formula is C100H159ClN18O18. The van der Waals surface area contributed by atoms with E-state index < -0.39 is 78.3 Å². The summed E-state index contributed by atoms with van der Waals surface area (Å²) in [6.07, 6.45) is 12.5. The van der Waals surface area contributed by atoms with Gasteiger partial charge in [0.05, 0.1) is 97.4 Å². The van der Waals surface area contributed by atoms with Gasteiger partial charge in [0.1, 0.15) is 0 Å². The molecule has 2 unspecified atom stereocenters. The van der Waals surface area contributed by atoms with E-state index in [0.29, 0.717) is 108 Å². The van der Waals surface area contributed by atoms with Crippen molar-refractivity contribution in [2.45, 2.75) is 298 Å². The van der Waals surface area contributed by atoms with Crippen molar-refractivity contribution in [3.8, 4) is 0 Å². The number of ether oxygens (including phenoxy) is 4. The van der Waals surface area contributed by atoms with Crippen molar-refractivity contribution in [2.24, 2.45) is 69.4 Å². The molecule has 6 heterocycles. The molecule has 9 N–H and O–H groups in total. The first kappa shape index (κ1) is 116. The van der Waals surface area contributed by atoms with Crippen LogP contribution in [0.15, 0.2) is 95.2 Å². The number of rotatable bonds is 56. The van der Waals surface area contributed by atoms with Gasteiger partial charge < -0.3 is 59.4 Å². The monoisotopic (exact) mass is 1940 g/mol. The first-order valence-corrected chi connectivity index (χ1v) is 49.4. The summed E-state index contributed by atoms with van der Waals surface area (Å²) in [6, 6.07) is 16.1. The van der Waals surface area contributed by atoms with Crippen LogP contribution in [0.2, 0.25) is 0 Å². The number of likely N-dealkylation sites (tertiary alicyclic amines) is 2. The number of hydrazone groups is 2. The number of nitrogens with zero attached hydrogens (tertiary/aromatic N) is 9. The third-order valence-electron chi connectivity index (χ3n) is 27.7. The van der Waals surface area contributed by atoms with Crippen LogP contribution in [-0.2, 0) is 98.9 Å². The van der Waals surface area contributed by atoms with Crippen LogP contribution in [0, 0.1) is 59.2 Å². The van der Waals surface area contributed by atoms with Crippen molar-refractivity contribution in [3.05, 3.63) is 96.1 Å². The molecule has 2 aromatic rings. The number of benzene rings is 2. The number of halogens is 1. The van der Waals surface area contributed by atoms with E-state index in [2.05, 4.69) is 73.0 Å². The Labute approximate surface area is 816 Å². The second-order valence-electron chi connectivity index (χ2n) is 38.4. The Bertz CT molecular complexity index is 4370. The van der Waals surface area contributed by atoms with Crippen LogP contribution in [0.3, 0.4) is 0 Å². The molecule has 18 atom stereocenters. The highest BCUT2D eigenvalue weighted by Gasteiger charge is 2.48. The maximum Gasteiger partial charge on any atom is 0.253 e. The van der Waals surface area contributed by atoms with E-state index in [1.807, 2.05) is 149 Å². The third kappa shape index (κ3) is 33.7. The van der Waals surface area contributed by atoms with Gasteiger partial charge in [-0.1, -0.05) is 183 Å². The number of hydrogen-bond acceptors (Lipinski definition) is 27. The SMILES string of the molecule is CC[C@H](C)[C@@H]([C@@H](CC(=O)N1CCC[C@H]1[C@H](OC)[C@@H](C)C(=O)N[C@@H](Cc1ccccc1)C1=NNNN1)OC)N(C)C(=O)[C@@H](CC(=O)C(C(C)C)N(C)C(=O)CCCCCN1C(=O)C=CC1=O)C(C)C.CC[C@H](C)[C@@H]([C@@H](CC(=O)N1CCC[C@H]1[C@H](OC)[C@@H](C)C(=O)N[C@@H](Cc1ccccc1)C1=NNNN1)OC)N(C)C(=O)[C@@H](CC(=O)C(NC)C(C)C)C(C)C.O=C(Cl)CCCCCN1C(=O)C=CC1=O. The Kier molecular flexibility index (Phi) is 49.2. The fraction of sp³-hybridized carbons (Fsp3) is 0.680. The standard InChI is InChI=1S/C50H79N9O9.C40H68N8O6.C10H12ClNO3/c1-12-33(6)46(57(9)50(66)36(31(2)3)29-39(60)45(32(4)5)56(8)41(61)23-17-14-18-26-59-42(62)24-25-43(59)63)40(67-10)30-44(64)58-27-19-22-38(58)47(68-11)34(7)49(65)51-37(48-52-54-55-53-48)28-35-20-15-13-16-21-35;1-12-26(6)36(47(9)40(52)29(24(2)3)22-32(49)35(41-8)25(4)5)33(53-10)23-34(50)48-20-16-19-31(48)37(54-11)27(7)39(51)42-30(38-43-45-46-44-38)21-28-17-14-13-15-18-28;11-8(13)4-2-1-3-7-12-9(14)5-6-10(12)15/h13,15-16,20-21,24-25,31-34,36-38,40,45-47,54-55H,12,14,17-19,22-23,26-30H2,1-11H3,(H,51,65)(H,52,53);13-15,17-18,24-27,29-31,33,35-37,41,45-46H,12,16,19-23H2,1-11H3,(H,42,51)(H,43,44);5-6H,1-4,7H2/t33-,34+,36-,37-,38-,40+,45?,46-,47+;26-,27+,29-,30-,31-,33+,35?,36-,37+;/m00./s1. The summed E-state index contributed by atoms with van der Waals surface area (Å²) in [4.78, 5) is 194. The van der Waals surface area contributed by atoms with Crippen LogP contribution in [0.5, 0.6) is 0 Å². The summed E-state index contributed by atoms with van der Waals surface area (Å²) >= 11 is 5.16. The number of likely N-dealkylation sites (N-methyl/N-ethyl adjacent to an activating group) is 4. The smallest absolute Gasteiger partial charge is 0.253 e. The van der Waals surface area contributed by atoms with Crippen LogP contribution >= 0.6 is 11.6 Å². The first-order chi connectivity index (χ1) is 65.2. The van der Waals surface area contributed by atoms with E-state index in [1.165, 1.54) is 39.0 Å². The highest BCUT2D eigenvalue weighted by Crippen LogP contribution is 2.35. The molecule has 6 aliphatic rings. The Morgan fingerprint density at radius 1 is 0.482 bits per heavy atom. The normalized spacial score (nSPS) is 19.3. The van der Waals surface area contributed by atoms with Gasteiger partial charge in [0.15, 0.2) is 23.2 Å². The van der Waals surface area contributed by atoms with E-state index in [-0.39, 0.29) is 168 Å². The summed E-state index contributed by atoms with van der Waals surface area (Å²) in [5.74, 6) is -4.41. The number of hydrazine groups is 4. The molecular weight excluding hydrogens is 1780 g/mol. The molecule has 764 valence electrons. The molecule has 0 spiro atoms. The van der Waals surface area contributed by atoms with Gasteiger partial charge in [-0.05, 0) is 129 Å². The van der Waals surface area contributed by atoms with Gasteiger partial charge in [-0.15, -0.1) is 21.3 Å². The van der Waals surface area contributed by atoms with Gasteiger partial charge in [0, 0.05) is 138 Å². The third-order valence-corrected chi connectivity index (χ3v) is 27.9. The Morgan fingerprint density at radius 3 is 1.18 bits per heavy atom. The summed E-state index contributed by atoms with van der Waals surface area (Å²) in [5.41, 5.74) is 18.8. The molecule has 8 rings (SSSR count). The maximum absolute atomic E-state index is 14.7. The topological polar surface area (TPSA) is 432 Å². The largest absolute Gasteiger partial charge is 0.379 e. The van der Waals surface area contributed by atoms with Crippen molar-refractivity contribution in [3.63, 3.8) is 0 Å². The Morgan fingerprint density at radius 2 is 0.861 bits per heavy atom. The Hall–Kier alpha value is -9.95. The molecule has 0 aromatic heterocycles. The summed E-state index contributed by atoms with van der Waals surface area (Å²) in [6.45, 7) is 29.1. The van der Waals surface area contributed by atoms with Crippen LogP contribution < -0.4 is 48.9 Å². The summed E-state index contributed by atoms with van der Waals surface area (Å²) in [7, 11) is 13.2. The van der Waals surface area contributed by atoms with Gasteiger partial charge in [0.25, 0.3) is 23.6 Å². The van der Waals surface area contributed by atoms with Crippen molar-refractivity contribution in [1.29, 1.82) is 0 Å². The zero-order chi connectivity index (χ0) is 102. The number of methoxy groups -OCH3 is 4. The molecule has 6 aliphatic heterocycles. The van der Waals surface area contributed by atoms with Gasteiger partial charge in [-0.3, -0.25) is 87.8 Å². The van der Waals surface area contributed by atoms with E-state index in [9.17, 15) is 67.1 Å². The number of unbranched alkanes of at least 4 members (excludes halogenated alkanes) is 4. The van der Waals surface area contributed by atoms with Crippen LogP contribution in [0.4, 0.5) is 0 Å². The number of hydrogen-bond donors (Lipinski definition) is 9. The van der Waals surface area contributed by atoms with Gasteiger partial charge >= 0.3 is 0 Å². The minimum atomic E-state index is -0.746. The summed E-state index contributed by atoms with van der Waals surface area (Å²) in [5, 5.41) is 17.6. The molecule has 2 saturated heterocycles. The molecule has 11 amide bonds. The number of amidine groups is 2. The van der Waals surface area contributed by atoms with E-state index in [0.717, 1.165) is 36.8 Å². The molecule has 2 aromatic carbocycles. The lowest BCUT2D eigenvalue weighted by molar-refractivity contribution is -0.149. The zero-order valence-corrected chi connectivity index (χ0v) is 85.8. The van der Waals surface area contributed by atoms with Crippen molar-refractivity contribution >= 4 is 105 Å². The van der Waals surface area contributed by atoms with Crippen LogP contribution in [0.1, 0.15) is 224 Å². The molecule has 2 fully saturated rings. The molecule has 0 aliphatic carbocycles. The van der Waals surface area contributed by atoms with E-state index >= 15 is 0 Å². The number of carbonyl (C=O) groups excluding carboxylic acids is 14. The van der Waals surface area contributed by atoms with Gasteiger partial charge in [-0.25, -0.2) is 11.1 Å².